The standard InChI is InChI=1S/C10H8F2N2O/c1-13-10(15)9-4-6-7(12)2-5(11)3-8(6)14-9/h2-4,14H,1H3,(H,13,15). The molecule has 2 aromatic rings. The van der Waals surface area contributed by atoms with Crippen molar-refractivity contribution in [2.75, 3.05) is 7.05 Å². The van der Waals surface area contributed by atoms with E-state index in [1.54, 1.807) is 0 Å². The van der Waals surface area contributed by atoms with Crippen molar-refractivity contribution in [2.45, 2.75) is 0 Å². The second-order valence-corrected chi connectivity index (χ2v) is 3.11. The van der Waals surface area contributed by atoms with Gasteiger partial charge >= 0.3 is 0 Å². The molecule has 0 atom stereocenters. The third kappa shape index (κ3) is 1.56. The third-order valence-electron chi connectivity index (χ3n) is 2.12. The van der Waals surface area contributed by atoms with Crippen molar-refractivity contribution in [1.29, 1.82) is 0 Å². The van der Waals surface area contributed by atoms with E-state index in [4.69, 9.17) is 0 Å². The smallest absolute Gasteiger partial charge is 0.267 e. The zero-order valence-corrected chi connectivity index (χ0v) is 7.90. The molecule has 1 aromatic carbocycles. The Balaban J connectivity index is 2.65. The minimum Gasteiger partial charge on any atom is -0.354 e. The molecule has 0 aliphatic carbocycles. The van der Waals surface area contributed by atoms with Gasteiger partial charge in [-0.25, -0.2) is 8.78 Å². The number of H-pyrrole nitrogens is 1. The zero-order valence-electron chi connectivity index (χ0n) is 7.90. The third-order valence-corrected chi connectivity index (χ3v) is 2.12. The normalized spacial score (nSPS) is 10.6. The molecule has 1 heterocycles. The molecule has 1 amide bonds. The lowest BCUT2D eigenvalue weighted by molar-refractivity contribution is 0.0959. The first-order chi connectivity index (χ1) is 7.11. The van der Waals surface area contributed by atoms with Crippen LogP contribution in [-0.4, -0.2) is 17.9 Å². The summed E-state index contributed by atoms with van der Waals surface area (Å²) in [7, 11) is 1.46. The van der Waals surface area contributed by atoms with E-state index < -0.39 is 11.6 Å². The van der Waals surface area contributed by atoms with Gasteiger partial charge < -0.3 is 10.3 Å². The second kappa shape index (κ2) is 3.34. The molecule has 0 saturated heterocycles. The van der Waals surface area contributed by atoms with E-state index in [0.717, 1.165) is 12.1 Å². The second-order valence-electron chi connectivity index (χ2n) is 3.11. The number of hydrogen-bond donors (Lipinski definition) is 2. The molecule has 0 aliphatic heterocycles. The summed E-state index contributed by atoms with van der Waals surface area (Å²) < 4.78 is 26.1. The number of aromatic nitrogens is 1. The summed E-state index contributed by atoms with van der Waals surface area (Å²) >= 11 is 0. The molecule has 0 saturated carbocycles. The molecule has 0 unspecified atom stereocenters. The Morgan fingerprint density at radius 1 is 1.33 bits per heavy atom. The van der Waals surface area contributed by atoms with Crippen LogP contribution in [0.15, 0.2) is 18.2 Å². The molecule has 0 fully saturated rings. The lowest BCUT2D eigenvalue weighted by Crippen LogP contribution is -2.17. The lowest BCUT2D eigenvalue weighted by Gasteiger charge is -1.92. The van der Waals surface area contributed by atoms with Crippen LogP contribution in [0, 0.1) is 11.6 Å². The summed E-state index contributed by atoms with van der Waals surface area (Å²) in [5.41, 5.74) is 0.475. The maximum Gasteiger partial charge on any atom is 0.267 e. The van der Waals surface area contributed by atoms with E-state index in [1.807, 2.05) is 0 Å². The number of hydrogen-bond acceptors (Lipinski definition) is 1. The number of rotatable bonds is 1. The predicted octanol–water partition coefficient (Wildman–Crippen LogP) is 1.81. The number of fused-ring (bicyclic) bond motifs is 1. The van der Waals surface area contributed by atoms with Crippen LogP contribution in [0.25, 0.3) is 10.9 Å². The molecular formula is C10H8F2N2O. The van der Waals surface area contributed by atoms with E-state index in [1.165, 1.54) is 13.1 Å². The highest BCUT2D eigenvalue weighted by atomic mass is 19.1. The van der Waals surface area contributed by atoms with Gasteiger partial charge in [-0.1, -0.05) is 0 Å². The van der Waals surface area contributed by atoms with Crippen molar-refractivity contribution < 1.29 is 13.6 Å². The fourth-order valence-corrected chi connectivity index (χ4v) is 1.42. The zero-order chi connectivity index (χ0) is 11.0. The molecule has 0 spiro atoms. The van der Waals surface area contributed by atoms with Gasteiger partial charge in [0.2, 0.25) is 0 Å². The van der Waals surface area contributed by atoms with Crippen LogP contribution >= 0.6 is 0 Å². The quantitative estimate of drug-likeness (QED) is 0.740. The van der Waals surface area contributed by atoms with E-state index in [-0.39, 0.29) is 22.5 Å². The van der Waals surface area contributed by atoms with Crippen LogP contribution in [0.1, 0.15) is 10.5 Å². The number of halogens is 2. The van der Waals surface area contributed by atoms with Crippen molar-refractivity contribution in [3.05, 3.63) is 35.5 Å². The van der Waals surface area contributed by atoms with Crippen LogP contribution in [0.3, 0.4) is 0 Å². The Morgan fingerprint density at radius 3 is 2.73 bits per heavy atom. The van der Waals surface area contributed by atoms with Gasteiger partial charge in [-0.2, -0.15) is 0 Å². The van der Waals surface area contributed by atoms with E-state index >= 15 is 0 Å². The van der Waals surface area contributed by atoms with Gasteiger partial charge in [0.15, 0.2) is 0 Å². The average Bonchev–Trinajstić information content (AvgIpc) is 2.60. The van der Waals surface area contributed by atoms with Gasteiger partial charge in [0.1, 0.15) is 17.3 Å². The fourth-order valence-electron chi connectivity index (χ4n) is 1.42. The molecule has 0 aliphatic rings. The van der Waals surface area contributed by atoms with Gasteiger partial charge in [0.05, 0.1) is 5.52 Å². The maximum atomic E-state index is 13.2. The van der Waals surface area contributed by atoms with Crippen LogP contribution in [0.5, 0.6) is 0 Å². The van der Waals surface area contributed by atoms with Crippen LogP contribution in [-0.2, 0) is 0 Å². The summed E-state index contributed by atoms with van der Waals surface area (Å²) in [6, 6.07) is 3.28. The monoisotopic (exact) mass is 210 g/mol. The minimum absolute atomic E-state index is 0.204. The summed E-state index contributed by atoms with van der Waals surface area (Å²) in [5.74, 6) is -1.73. The Morgan fingerprint density at radius 2 is 2.07 bits per heavy atom. The van der Waals surface area contributed by atoms with Gasteiger partial charge in [0, 0.05) is 18.5 Å². The number of aromatic amines is 1. The average molecular weight is 210 g/mol. The molecule has 2 rings (SSSR count). The number of carbonyl (C=O) groups is 1. The first-order valence-electron chi connectivity index (χ1n) is 4.31. The molecule has 0 bridgehead atoms. The first-order valence-corrected chi connectivity index (χ1v) is 4.31. The van der Waals surface area contributed by atoms with Gasteiger partial charge in [-0.3, -0.25) is 4.79 Å². The maximum absolute atomic E-state index is 13.2. The highest BCUT2D eigenvalue weighted by Crippen LogP contribution is 2.20. The Kier molecular flexibility index (Phi) is 2.15. The van der Waals surface area contributed by atoms with Crippen molar-refractivity contribution >= 4 is 16.8 Å². The van der Waals surface area contributed by atoms with Crippen molar-refractivity contribution in [3.8, 4) is 0 Å². The fraction of sp³-hybridized carbons (Fsp3) is 0.100. The number of benzene rings is 1. The Hall–Kier alpha value is -1.91. The topological polar surface area (TPSA) is 44.9 Å². The molecule has 15 heavy (non-hydrogen) atoms. The summed E-state index contributed by atoms with van der Waals surface area (Å²) in [6.07, 6.45) is 0. The SMILES string of the molecule is CNC(=O)c1cc2c(F)cc(F)cc2[nH]1. The van der Waals surface area contributed by atoms with E-state index in [9.17, 15) is 13.6 Å². The first kappa shape index (κ1) is 9.64. The van der Waals surface area contributed by atoms with Gasteiger partial charge in [0.25, 0.3) is 5.91 Å². The largest absolute Gasteiger partial charge is 0.354 e. The van der Waals surface area contributed by atoms with Crippen molar-refractivity contribution in [2.24, 2.45) is 0 Å². The van der Waals surface area contributed by atoms with Crippen molar-refractivity contribution in [3.63, 3.8) is 0 Å². The Labute approximate surface area is 84.1 Å². The highest BCUT2D eigenvalue weighted by Gasteiger charge is 2.11. The summed E-state index contributed by atoms with van der Waals surface area (Å²) in [6.45, 7) is 0. The molecule has 5 heteroatoms. The van der Waals surface area contributed by atoms with Gasteiger partial charge in [-0.15, -0.1) is 0 Å². The number of nitrogens with one attached hydrogen (secondary N) is 2. The summed E-state index contributed by atoms with van der Waals surface area (Å²) in [4.78, 5) is 13.9. The highest BCUT2D eigenvalue weighted by molar-refractivity contribution is 5.97. The minimum atomic E-state index is -0.684. The van der Waals surface area contributed by atoms with E-state index in [2.05, 4.69) is 10.3 Å². The van der Waals surface area contributed by atoms with Crippen molar-refractivity contribution in [1.82, 2.24) is 10.3 Å². The predicted molar refractivity (Wildman–Crippen MR) is 51.6 cm³/mol. The molecule has 3 nitrogen and oxygen atoms in total. The van der Waals surface area contributed by atoms with Crippen LogP contribution in [0.4, 0.5) is 8.78 Å². The van der Waals surface area contributed by atoms with Crippen LogP contribution in [0.2, 0.25) is 0 Å². The number of carbonyl (C=O) groups excluding carboxylic acids is 1. The molecule has 78 valence electrons. The molecule has 0 radical (unpaired) electrons. The molecular weight excluding hydrogens is 202 g/mol. The van der Waals surface area contributed by atoms with Gasteiger partial charge in [-0.05, 0) is 12.1 Å². The lowest BCUT2D eigenvalue weighted by atomic mass is 10.2. The molecule has 1 aromatic heterocycles. The molecule has 2 N–H and O–H groups in total. The summed E-state index contributed by atoms with van der Waals surface area (Å²) in [5, 5.41) is 2.59. The Bertz CT molecular complexity index is 533. The number of amides is 1. The van der Waals surface area contributed by atoms with E-state index in [0.29, 0.717) is 0 Å². The van der Waals surface area contributed by atoms with Crippen LogP contribution < -0.4 is 5.32 Å².